The van der Waals surface area contributed by atoms with Crippen molar-refractivity contribution in [1.82, 2.24) is 5.32 Å². The van der Waals surface area contributed by atoms with E-state index in [1.54, 1.807) is 12.1 Å². The molecule has 0 bridgehead atoms. The fraction of sp³-hybridized carbons (Fsp3) is 0.240. The number of nitrogens with one attached hydrogen (secondary N) is 3. The second-order valence-corrected chi connectivity index (χ2v) is 8.20. The second-order valence-electron chi connectivity index (χ2n) is 8.20. The largest absolute Gasteiger partial charge is 0.355 e. The van der Waals surface area contributed by atoms with Gasteiger partial charge in [-0.25, -0.2) is 4.39 Å². The Bertz CT molecular complexity index is 1060. The van der Waals surface area contributed by atoms with Crippen LogP contribution in [0.5, 0.6) is 0 Å². The highest BCUT2D eigenvalue weighted by molar-refractivity contribution is 5.88. The van der Waals surface area contributed by atoms with Crippen molar-refractivity contribution < 1.29 is 4.39 Å². The van der Waals surface area contributed by atoms with E-state index in [9.17, 15) is 4.39 Å². The lowest BCUT2D eigenvalue weighted by Crippen LogP contribution is -2.24. The second kappa shape index (κ2) is 6.82. The van der Waals surface area contributed by atoms with Crippen molar-refractivity contribution in [2.24, 2.45) is 5.92 Å². The van der Waals surface area contributed by atoms with Crippen LogP contribution in [0.25, 0.3) is 0 Å². The van der Waals surface area contributed by atoms with E-state index in [4.69, 9.17) is 5.41 Å². The lowest BCUT2D eigenvalue weighted by Gasteiger charge is -2.21. The molecule has 3 aromatic rings. The first kappa shape index (κ1) is 18.1. The van der Waals surface area contributed by atoms with Crippen LogP contribution in [0.2, 0.25) is 0 Å². The van der Waals surface area contributed by atoms with Gasteiger partial charge in [-0.2, -0.15) is 0 Å². The van der Waals surface area contributed by atoms with Crippen molar-refractivity contribution in [3.8, 4) is 0 Å². The molecule has 29 heavy (non-hydrogen) atoms. The normalized spacial score (nSPS) is 24.8. The fourth-order valence-corrected chi connectivity index (χ4v) is 5.29. The molecule has 3 aromatic carbocycles. The van der Waals surface area contributed by atoms with Crippen molar-refractivity contribution in [2.45, 2.75) is 18.3 Å². The number of anilines is 2. The molecule has 1 aliphatic heterocycles. The number of fused-ring (bicyclic) bond motifs is 1. The van der Waals surface area contributed by atoms with Gasteiger partial charge in [-0.3, -0.25) is 0 Å². The lowest BCUT2D eigenvalue weighted by atomic mass is 9.86. The molecule has 1 aliphatic carbocycles. The van der Waals surface area contributed by atoms with E-state index in [0.717, 1.165) is 30.0 Å². The summed E-state index contributed by atoms with van der Waals surface area (Å²) in [6.45, 7) is 4.16. The summed E-state index contributed by atoms with van der Waals surface area (Å²) in [5, 5.41) is 14.9. The predicted octanol–water partition coefficient (Wildman–Crippen LogP) is 5.13. The molecule has 1 heterocycles. The monoisotopic (exact) mass is 385 g/mol. The molecule has 3 unspecified atom stereocenters. The van der Waals surface area contributed by atoms with Crippen LogP contribution in [-0.4, -0.2) is 19.3 Å². The number of hydrogen-bond donors (Lipinski definition) is 3. The smallest absolute Gasteiger partial charge is 0.123 e. The maximum Gasteiger partial charge on any atom is 0.123 e. The fourth-order valence-electron chi connectivity index (χ4n) is 5.29. The van der Waals surface area contributed by atoms with Gasteiger partial charge in [0, 0.05) is 41.0 Å². The van der Waals surface area contributed by atoms with Gasteiger partial charge in [0.1, 0.15) is 5.82 Å². The Kier molecular flexibility index (Phi) is 4.25. The molecule has 0 amide bonds. The molecule has 2 fully saturated rings. The van der Waals surface area contributed by atoms with E-state index in [2.05, 4.69) is 60.0 Å². The minimum Gasteiger partial charge on any atom is -0.355 e. The summed E-state index contributed by atoms with van der Waals surface area (Å²) in [4.78, 5) is 0. The predicted molar refractivity (Wildman–Crippen MR) is 116 cm³/mol. The zero-order chi connectivity index (χ0) is 20.0. The molecule has 0 spiro atoms. The third-order valence-corrected chi connectivity index (χ3v) is 6.63. The first-order valence-corrected chi connectivity index (χ1v) is 10.1. The molecule has 5 rings (SSSR count). The number of aryl methyl sites for hydroxylation is 1. The summed E-state index contributed by atoms with van der Waals surface area (Å²) in [5.74, 6) is 0.866. The van der Waals surface area contributed by atoms with Crippen LogP contribution < -0.4 is 10.6 Å². The number of rotatable bonds is 5. The van der Waals surface area contributed by atoms with Crippen LogP contribution >= 0.6 is 0 Å². The summed E-state index contributed by atoms with van der Waals surface area (Å²) in [7, 11) is 0. The topological polar surface area (TPSA) is 47.9 Å². The van der Waals surface area contributed by atoms with Gasteiger partial charge in [-0.05, 0) is 72.5 Å². The van der Waals surface area contributed by atoms with Crippen LogP contribution in [0.3, 0.4) is 0 Å². The molecule has 1 saturated carbocycles. The zero-order valence-electron chi connectivity index (χ0n) is 16.4. The Balaban J connectivity index is 1.53. The lowest BCUT2D eigenvalue weighted by molar-refractivity contribution is 0.628. The highest BCUT2D eigenvalue weighted by Crippen LogP contribution is 2.68. The van der Waals surface area contributed by atoms with E-state index < -0.39 is 0 Å². The van der Waals surface area contributed by atoms with Gasteiger partial charge in [0.2, 0.25) is 0 Å². The average molecular weight is 385 g/mol. The highest BCUT2D eigenvalue weighted by Gasteiger charge is 2.68. The maximum absolute atomic E-state index is 13.2. The molecule has 0 radical (unpaired) electrons. The Morgan fingerprint density at radius 1 is 1.10 bits per heavy atom. The van der Waals surface area contributed by atoms with Crippen LogP contribution in [0.15, 0.2) is 66.7 Å². The van der Waals surface area contributed by atoms with Gasteiger partial charge in [-0.1, -0.05) is 30.3 Å². The molecule has 4 heteroatoms. The molecular formula is C25H24FN3. The Labute approximate surface area is 170 Å². The summed E-state index contributed by atoms with van der Waals surface area (Å²) >= 11 is 0. The first-order valence-electron chi connectivity index (χ1n) is 10.1. The van der Waals surface area contributed by atoms with Gasteiger partial charge in [0.25, 0.3) is 0 Å². The number of piperidine rings is 1. The van der Waals surface area contributed by atoms with E-state index in [1.807, 2.05) is 0 Å². The first-order chi connectivity index (χ1) is 14.1. The number of hydrogen-bond acceptors (Lipinski definition) is 3. The van der Waals surface area contributed by atoms with Crippen molar-refractivity contribution in [2.75, 3.05) is 18.4 Å². The molecule has 146 valence electrons. The average Bonchev–Trinajstić information content (AvgIpc) is 3.18. The third kappa shape index (κ3) is 2.87. The number of halogens is 1. The van der Waals surface area contributed by atoms with E-state index >= 15 is 0 Å². The van der Waals surface area contributed by atoms with Gasteiger partial charge in [0.15, 0.2) is 0 Å². The van der Waals surface area contributed by atoms with Gasteiger partial charge >= 0.3 is 0 Å². The summed E-state index contributed by atoms with van der Waals surface area (Å²) < 4.78 is 13.2. The summed E-state index contributed by atoms with van der Waals surface area (Å²) in [6, 6.07) is 21.4. The van der Waals surface area contributed by atoms with Crippen LogP contribution in [0.1, 0.15) is 28.2 Å². The van der Waals surface area contributed by atoms with Crippen molar-refractivity contribution in [1.29, 1.82) is 5.41 Å². The van der Waals surface area contributed by atoms with Crippen LogP contribution in [0, 0.1) is 24.1 Å². The Morgan fingerprint density at radius 3 is 2.59 bits per heavy atom. The zero-order valence-corrected chi connectivity index (χ0v) is 16.4. The summed E-state index contributed by atoms with van der Waals surface area (Å²) in [6.07, 6.45) is 1.41. The molecule has 1 saturated heterocycles. The number of benzene rings is 3. The molecule has 3 N–H and O–H groups in total. The minimum absolute atomic E-state index is 0.109. The SMILES string of the molecule is Cc1cc(Nc2ccc(F)cc2)c(C=N)cc1C12CNCC1C2c1ccccc1. The molecular weight excluding hydrogens is 361 g/mol. The Hall–Kier alpha value is -2.98. The highest BCUT2D eigenvalue weighted by atomic mass is 19.1. The van der Waals surface area contributed by atoms with Gasteiger partial charge in [-0.15, -0.1) is 0 Å². The third-order valence-electron chi connectivity index (χ3n) is 6.63. The van der Waals surface area contributed by atoms with Crippen molar-refractivity contribution in [3.63, 3.8) is 0 Å². The van der Waals surface area contributed by atoms with Crippen molar-refractivity contribution >= 4 is 17.6 Å². The Morgan fingerprint density at radius 2 is 1.86 bits per heavy atom. The molecule has 0 aromatic heterocycles. The maximum atomic E-state index is 13.2. The van der Waals surface area contributed by atoms with E-state index in [1.165, 1.54) is 35.0 Å². The standard InChI is InChI=1S/C25H24FN3/c1-16-11-23(29-20-9-7-19(26)8-10-20)18(13-27)12-21(16)25-15-28-14-22(25)24(25)17-5-3-2-4-6-17/h2-13,22,24,27-29H,14-15H2,1H3. The minimum atomic E-state index is -0.256. The van der Waals surface area contributed by atoms with E-state index in [-0.39, 0.29) is 11.2 Å². The molecule has 3 nitrogen and oxygen atoms in total. The van der Waals surface area contributed by atoms with Gasteiger partial charge < -0.3 is 16.0 Å². The quantitative estimate of drug-likeness (QED) is 0.533. The van der Waals surface area contributed by atoms with Gasteiger partial charge in [0.05, 0.1) is 0 Å². The van der Waals surface area contributed by atoms with Crippen LogP contribution in [-0.2, 0) is 5.41 Å². The molecule has 3 atom stereocenters. The van der Waals surface area contributed by atoms with Crippen molar-refractivity contribution in [3.05, 3.63) is 94.8 Å². The summed E-state index contributed by atoms with van der Waals surface area (Å²) in [5.41, 5.74) is 6.63. The van der Waals surface area contributed by atoms with E-state index in [0.29, 0.717) is 11.8 Å². The van der Waals surface area contributed by atoms with Crippen LogP contribution in [0.4, 0.5) is 15.8 Å². The molecule has 2 aliphatic rings.